The fraction of sp³-hybridized carbons (Fsp3) is 0.143. The molecule has 0 aliphatic heterocycles. The first-order chi connectivity index (χ1) is 4.43. The summed E-state index contributed by atoms with van der Waals surface area (Å²) in [5.41, 5.74) is 1.10. The Morgan fingerprint density at radius 3 is 2.67 bits per heavy atom. The van der Waals surface area contributed by atoms with E-state index in [-0.39, 0.29) is 0 Å². The summed E-state index contributed by atoms with van der Waals surface area (Å²) in [6.45, 7) is 3.60. The van der Waals surface area contributed by atoms with Gasteiger partial charge in [0.25, 0.3) is 0 Å². The first kappa shape index (κ1) is 5.95. The van der Waals surface area contributed by atoms with Crippen LogP contribution in [-0.2, 0) is 6.42 Å². The lowest BCUT2D eigenvalue weighted by atomic mass is 10.2. The number of nitrogens with zero attached hydrogens (tertiary/aromatic N) is 2. The van der Waals surface area contributed by atoms with Crippen LogP contribution in [0.4, 0.5) is 0 Å². The molecule has 46 valence electrons. The number of allylic oxidation sites excluding steroid dienone is 1. The predicted octanol–water partition coefficient (Wildman–Crippen LogP) is 1.21. The van der Waals surface area contributed by atoms with Gasteiger partial charge < -0.3 is 0 Å². The molecule has 1 aromatic rings. The normalized spacial score (nSPS) is 8.89. The largest absolute Gasteiger partial charge is 0.245 e. The van der Waals surface area contributed by atoms with Crippen LogP contribution in [0.25, 0.3) is 0 Å². The number of aromatic nitrogens is 2. The van der Waals surface area contributed by atoms with Crippen molar-refractivity contribution in [1.29, 1.82) is 0 Å². The van der Waals surface area contributed by atoms with Crippen molar-refractivity contribution in [2.45, 2.75) is 6.42 Å². The van der Waals surface area contributed by atoms with Crippen molar-refractivity contribution in [2.75, 3.05) is 0 Å². The third kappa shape index (κ3) is 1.64. The highest BCUT2D eigenvalue weighted by Gasteiger charge is 1.84. The van der Waals surface area contributed by atoms with Crippen LogP contribution in [-0.4, -0.2) is 9.97 Å². The topological polar surface area (TPSA) is 25.8 Å². The Morgan fingerprint density at radius 2 is 2.11 bits per heavy atom. The molecular formula is C7H8N2. The van der Waals surface area contributed by atoms with Gasteiger partial charge in [-0.05, 0) is 12.0 Å². The highest BCUT2D eigenvalue weighted by Crippen LogP contribution is 1.93. The van der Waals surface area contributed by atoms with Crippen molar-refractivity contribution in [3.63, 3.8) is 0 Å². The van der Waals surface area contributed by atoms with Gasteiger partial charge in [0.1, 0.15) is 6.33 Å². The summed E-state index contributed by atoms with van der Waals surface area (Å²) in [6, 6.07) is 0. The molecule has 1 aromatic heterocycles. The van der Waals surface area contributed by atoms with Crippen LogP contribution < -0.4 is 0 Å². The zero-order valence-corrected chi connectivity index (χ0v) is 5.12. The number of hydrogen-bond donors (Lipinski definition) is 0. The Morgan fingerprint density at radius 1 is 1.44 bits per heavy atom. The van der Waals surface area contributed by atoms with Crippen LogP contribution >= 0.6 is 0 Å². The molecule has 1 rings (SSSR count). The minimum absolute atomic E-state index is 0.848. The van der Waals surface area contributed by atoms with Gasteiger partial charge in [-0.1, -0.05) is 6.08 Å². The standard InChI is InChI=1S/C7H8N2/c1-2-3-7-4-8-6-9-5-7/h2,4-6H,1,3H2. The minimum Gasteiger partial charge on any atom is -0.245 e. The van der Waals surface area contributed by atoms with E-state index < -0.39 is 0 Å². The van der Waals surface area contributed by atoms with Crippen LogP contribution in [0.2, 0.25) is 0 Å². The zero-order valence-electron chi connectivity index (χ0n) is 5.12. The second-order valence-electron chi connectivity index (χ2n) is 1.74. The van der Waals surface area contributed by atoms with Crippen LogP contribution in [0.3, 0.4) is 0 Å². The molecule has 0 atom stereocenters. The highest BCUT2D eigenvalue weighted by molar-refractivity contribution is 5.06. The van der Waals surface area contributed by atoms with Gasteiger partial charge in [0.05, 0.1) is 0 Å². The van der Waals surface area contributed by atoms with E-state index in [9.17, 15) is 0 Å². The van der Waals surface area contributed by atoms with Crippen LogP contribution in [0.5, 0.6) is 0 Å². The summed E-state index contributed by atoms with van der Waals surface area (Å²) in [4.78, 5) is 7.69. The SMILES string of the molecule is C=CCc1cncnc1. The van der Waals surface area contributed by atoms with Crippen molar-refractivity contribution in [3.8, 4) is 0 Å². The minimum atomic E-state index is 0.848. The molecule has 0 N–H and O–H groups in total. The lowest BCUT2D eigenvalue weighted by molar-refractivity contribution is 1.09. The molecule has 0 fully saturated rings. The third-order valence-corrected chi connectivity index (χ3v) is 0.994. The monoisotopic (exact) mass is 120 g/mol. The van der Waals surface area contributed by atoms with Crippen LogP contribution in [0, 0.1) is 0 Å². The Balaban J connectivity index is 2.72. The summed E-state index contributed by atoms with van der Waals surface area (Å²) in [5.74, 6) is 0. The van der Waals surface area contributed by atoms with E-state index in [0.29, 0.717) is 0 Å². The van der Waals surface area contributed by atoms with Gasteiger partial charge in [-0.3, -0.25) is 0 Å². The predicted molar refractivity (Wildman–Crippen MR) is 35.9 cm³/mol. The molecule has 0 amide bonds. The molecule has 2 heteroatoms. The van der Waals surface area contributed by atoms with Crippen molar-refractivity contribution in [2.24, 2.45) is 0 Å². The fourth-order valence-electron chi connectivity index (χ4n) is 0.602. The molecule has 0 aliphatic rings. The van der Waals surface area contributed by atoms with Crippen molar-refractivity contribution >= 4 is 0 Å². The van der Waals surface area contributed by atoms with E-state index in [1.807, 2.05) is 6.08 Å². The van der Waals surface area contributed by atoms with Crippen molar-refractivity contribution < 1.29 is 0 Å². The average molecular weight is 120 g/mol. The smallest absolute Gasteiger partial charge is 0.115 e. The maximum Gasteiger partial charge on any atom is 0.115 e. The van der Waals surface area contributed by atoms with Gasteiger partial charge >= 0.3 is 0 Å². The molecule has 0 unspecified atom stereocenters. The van der Waals surface area contributed by atoms with Crippen LogP contribution in [0.15, 0.2) is 31.4 Å². The Labute approximate surface area is 54.3 Å². The molecule has 0 bridgehead atoms. The molecule has 0 aliphatic carbocycles. The second kappa shape index (κ2) is 2.97. The fourth-order valence-corrected chi connectivity index (χ4v) is 0.602. The maximum absolute atomic E-state index is 3.84. The average Bonchev–Trinajstić information content (AvgIpc) is 1.91. The first-order valence-corrected chi connectivity index (χ1v) is 2.78. The third-order valence-electron chi connectivity index (χ3n) is 0.994. The van der Waals surface area contributed by atoms with E-state index >= 15 is 0 Å². The second-order valence-corrected chi connectivity index (χ2v) is 1.74. The molecule has 0 aromatic carbocycles. The van der Waals surface area contributed by atoms with Gasteiger partial charge in [-0.15, -0.1) is 6.58 Å². The molecule has 0 spiro atoms. The summed E-state index contributed by atoms with van der Waals surface area (Å²) < 4.78 is 0. The molecule has 2 nitrogen and oxygen atoms in total. The van der Waals surface area contributed by atoms with E-state index in [0.717, 1.165) is 12.0 Å². The molecule has 0 saturated heterocycles. The highest BCUT2D eigenvalue weighted by atomic mass is 14.8. The lowest BCUT2D eigenvalue weighted by Gasteiger charge is -1.89. The molecule has 1 heterocycles. The zero-order chi connectivity index (χ0) is 6.53. The van der Waals surface area contributed by atoms with Gasteiger partial charge in [0.15, 0.2) is 0 Å². The van der Waals surface area contributed by atoms with Crippen molar-refractivity contribution in [3.05, 3.63) is 36.9 Å². The summed E-state index contributed by atoms with van der Waals surface area (Å²) in [7, 11) is 0. The van der Waals surface area contributed by atoms with Gasteiger partial charge in [0, 0.05) is 12.4 Å². The van der Waals surface area contributed by atoms with E-state index in [4.69, 9.17) is 0 Å². The van der Waals surface area contributed by atoms with Gasteiger partial charge in [-0.25, -0.2) is 9.97 Å². The maximum atomic E-state index is 3.84. The Hall–Kier alpha value is -1.18. The van der Waals surface area contributed by atoms with Crippen LogP contribution in [0.1, 0.15) is 5.56 Å². The Kier molecular flexibility index (Phi) is 1.96. The van der Waals surface area contributed by atoms with Gasteiger partial charge in [0.2, 0.25) is 0 Å². The summed E-state index contributed by atoms with van der Waals surface area (Å²) in [6.07, 6.45) is 7.77. The molecule has 0 saturated carbocycles. The summed E-state index contributed by atoms with van der Waals surface area (Å²) >= 11 is 0. The first-order valence-electron chi connectivity index (χ1n) is 2.78. The van der Waals surface area contributed by atoms with Crippen molar-refractivity contribution in [1.82, 2.24) is 9.97 Å². The molecular weight excluding hydrogens is 112 g/mol. The lowest BCUT2D eigenvalue weighted by Crippen LogP contribution is -1.83. The van der Waals surface area contributed by atoms with E-state index in [1.165, 1.54) is 6.33 Å². The number of hydrogen-bond acceptors (Lipinski definition) is 2. The number of rotatable bonds is 2. The van der Waals surface area contributed by atoms with E-state index in [2.05, 4.69) is 16.5 Å². The van der Waals surface area contributed by atoms with E-state index in [1.54, 1.807) is 12.4 Å². The molecule has 9 heavy (non-hydrogen) atoms. The summed E-state index contributed by atoms with van der Waals surface area (Å²) in [5, 5.41) is 0. The van der Waals surface area contributed by atoms with Gasteiger partial charge in [-0.2, -0.15) is 0 Å². The quantitative estimate of drug-likeness (QED) is 0.548. The Bertz CT molecular complexity index is 181. The molecule has 0 radical (unpaired) electrons.